The van der Waals surface area contributed by atoms with Crippen LogP contribution in [0, 0.1) is 12.3 Å². The molecule has 0 saturated carbocycles. The monoisotopic (exact) mass is 371 g/mol. The van der Waals surface area contributed by atoms with Crippen LogP contribution in [-0.4, -0.2) is 28.4 Å². The summed E-state index contributed by atoms with van der Waals surface area (Å²) in [5.74, 6) is 1.11. The SMILES string of the molecule is Cc1ccsc1-c1nc(-c2ccc3c(c2)NNN3CC(C)(C)CO)no1. The Kier molecular flexibility index (Phi) is 4.18. The number of aromatic nitrogens is 2. The first-order valence-electron chi connectivity index (χ1n) is 8.39. The summed E-state index contributed by atoms with van der Waals surface area (Å²) >= 11 is 1.59. The highest BCUT2D eigenvalue weighted by Crippen LogP contribution is 2.35. The molecule has 0 radical (unpaired) electrons. The van der Waals surface area contributed by atoms with Gasteiger partial charge in [-0.05, 0) is 42.1 Å². The number of fused-ring (bicyclic) bond motifs is 1. The zero-order valence-corrected chi connectivity index (χ0v) is 15.7. The summed E-state index contributed by atoms with van der Waals surface area (Å²) in [6, 6.07) is 8.02. The lowest BCUT2D eigenvalue weighted by molar-refractivity contribution is 0.162. The molecule has 26 heavy (non-hydrogen) atoms. The van der Waals surface area contributed by atoms with Gasteiger partial charge in [0.25, 0.3) is 5.89 Å². The number of hydrogen-bond donors (Lipinski definition) is 3. The van der Waals surface area contributed by atoms with Gasteiger partial charge in [-0.2, -0.15) is 4.98 Å². The second-order valence-corrected chi connectivity index (χ2v) is 8.15. The molecule has 0 atom stereocenters. The molecule has 0 aliphatic carbocycles. The van der Waals surface area contributed by atoms with E-state index in [-0.39, 0.29) is 12.0 Å². The van der Waals surface area contributed by atoms with Gasteiger partial charge in [0.05, 0.1) is 16.3 Å². The van der Waals surface area contributed by atoms with Crippen molar-refractivity contribution in [2.45, 2.75) is 20.8 Å². The van der Waals surface area contributed by atoms with Crippen LogP contribution in [0.2, 0.25) is 0 Å². The van der Waals surface area contributed by atoms with Crippen molar-refractivity contribution in [3.8, 4) is 22.2 Å². The molecule has 0 spiro atoms. The number of thiophene rings is 1. The Morgan fingerprint density at radius 3 is 2.88 bits per heavy atom. The quantitative estimate of drug-likeness (QED) is 0.633. The van der Waals surface area contributed by atoms with E-state index in [2.05, 4.69) is 21.1 Å². The molecule has 1 aromatic carbocycles. The lowest BCUT2D eigenvalue weighted by Gasteiger charge is -2.28. The minimum absolute atomic E-state index is 0.117. The third kappa shape index (κ3) is 3.07. The molecule has 136 valence electrons. The smallest absolute Gasteiger partial charge is 0.268 e. The third-order valence-corrected chi connectivity index (χ3v) is 5.37. The number of rotatable bonds is 5. The van der Waals surface area contributed by atoms with Gasteiger partial charge in [-0.25, -0.2) is 0 Å². The molecular formula is C18H21N5O2S. The van der Waals surface area contributed by atoms with Crippen molar-refractivity contribution < 1.29 is 9.63 Å². The lowest BCUT2D eigenvalue weighted by Crippen LogP contribution is -2.43. The standard InChI is InChI=1S/C18H21N5O2S/c1-11-6-7-26-15(11)17-19-16(21-25-17)12-4-5-14-13(8-12)20-22-23(14)9-18(2,3)10-24/h4-8,20,22,24H,9-10H2,1-3H3. The van der Waals surface area contributed by atoms with E-state index in [0.29, 0.717) is 18.3 Å². The van der Waals surface area contributed by atoms with Crippen LogP contribution in [0.3, 0.4) is 0 Å². The Bertz CT molecular complexity index is 933. The lowest BCUT2D eigenvalue weighted by atomic mass is 9.94. The minimum Gasteiger partial charge on any atom is -0.396 e. The fourth-order valence-electron chi connectivity index (χ4n) is 2.83. The van der Waals surface area contributed by atoms with Gasteiger partial charge in [0.1, 0.15) is 0 Å². The fraction of sp³-hybridized carbons (Fsp3) is 0.333. The topological polar surface area (TPSA) is 86.5 Å². The molecular weight excluding hydrogens is 350 g/mol. The Balaban J connectivity index is 1.59. The van der Waals surface area contributed by atoms with E-state index < -0.39 is 0 Å². The largest absolute Gasteiger partial charge is 0.396 e. The van der Waals surface area contributed by atoms with Gasteiger partial charge in [-0.15, -0.1) is 16.9 Å². The van der Waals surface area contributed by atoms with Gasteiger partial charge in [0, 0.05) is 24.1 Å². The highest BCUT2D eigenvalue weighted by atomic mass is 32.1. The Labute approximate surface area is 155 Å². The highest BCUT2D eigenvalue weighted by molar-refractivity contribution is 7.13. The maximum atomic E-state index is 9.49. The molecule has 0 unspecified atom stereocenters. The number of aliphatic hydroxyl groups excluding tert-OH is 1. The van der Waals surface area contributed by atoms with Crippen LogP contribution in [-0.2, 0) is 0 Å². The van der Waals surface area contributed by atoms with E-state index in [1.165, 1.54) is 0 Å². The van der Waals surface area contributed by atoms with E-state index in [9.17, 15) is 5.11 Å². The van der Waals surface area contributed by atoms with Gasteiger partial charge in [-0.1, -0.05) is 19.0 Å². The van der Waals surface area contributed by atoms with Crippen LogP contribution >= 0.6 is 11.3 Å². The number of benzene rings is 1. The molecule has 0 fully saturated rings. The first kappa shape index (κ1) is 17.0. The molecule has 3 N–H and O–H groups in total. The van der Waals surface area contributed by atoms with Crippen molar-refractivity contribution in [3.63, 3.8) is 0 Å². The molecule has 2 aromatic heterocycles. The number of hydrogen-bond acceptors (Lipinski definition) is 8. The normalized spacial score (nSPS) is 13.8. The van der Waals surface area contributed by atoms with Gasteiger partial charge in [0.15, 0.2) is 0 Å². The van der Waals surface area contributed by atoms with E-state index in [0.717, 1.165) is 27.4 Å². The van der Waals surface area contributed by atoms with Crippen LogP contribution in [0.5, 0.6) is 0 Å². The fourth-order valence-corrected chi connectivity index (χ4v) is 3.67. The number of aryl methyl sites for hydroxylation is 1. The summed E-state index contributed by atoms with van der Waals surface area (Å²) in [4.78, 5) is 5.54. The highest BCUT2D eigenvalue weighted by Gasteiger charge is 2.26. The molecule has 1 aliphatic rings. The van der Waals surface area contributed by atoms with Crippen LogP contribution in [0.25, 0.3) is 22.2 Å². The molecule has 3 aromatic rings. The summed E-state index contributed by atoms with van der Waals surface area (Å²) in [6.07, 6.45) is 0. The first-order valence-corrected chi connectivity index (χ1v) is 9.27. The van der Waals surface area contributed by atoms with Crippen LogP contribution in [0.1, 0.15) is 19.4 Å². The maximum absolute atomic E-state index is 9.49. The van der Waals surface area contributed by atoms with Crippen molar-refractivity contribution in [1.29, 1.82) is 0 Å². The zero-order valence-electron chi connectivity index (χ0n) is 14.9. The Morgan fingerprint density at radius 2 is 2.15 bits per heavy atom. The molecule has 8 heteroatoms. The molecule has 0 amide bonds. The Hall–Kier alpha value is -2.42. The average Bonchev–Trinajstić information content (AvgIpc) is 3.34. The van der Waals surface area contributed by atoms with Crippen molar-refractivity contribution in [2.24, 2.45) is 5.41 Å². The van der Waals surface area contributed by atoms with Gasteiger partial charge >= 0.3 is 0 Å². The summed E-state index contributed by atoms with van der Waals surface area (Å²) < 4.78 is 5.44. The number of anilines is 2. The van der Waals surface area contributed by atoms with Gasteiger partial charge in [-0.3, -0.25) is 5.01 Å². The van der Waals surface area contributed by atoms with Gasteiger partial charge in [0.2, 0.25) is 5.82 Å². The van der Waals surface area contributed by atoms with Crippen LogP contribution < -0.4 is 16.0 Å². The van der Waals surface area contributed by atoms with E-state index in [1.54, 1.807) is 11.3 Å². The molecule has 7 nitrogen and oxygen atoms in total. The van der Waals surface area contributed by atoms with E-state index in [1.807, 2.05) is 55.4 Å². The number of nitrogens with one attached hydrogen (secondary N) is 2. The summed E-state index contributed by atoms with van der Waals surface area (Å²) in [5, 5.41) is 17.6. The van der Waals surface area contributed by atoms with Crippen LogP contribution in [0.15, 0.2) is 34.2 Å². The second kappa shape index (κ2) is 6.39. The van der Waals surface area contributed by atoms with Crippen LogP contribution in [0.4, 0.5) is 11.4 Å². The molecule has 0 saturated heterocycles. The molecule has 4 rings (SSSR count). The predicted molar refractivity (Wildman–Crippen MR) is 103 cm³/mol. The van der Waals surface area contributed by atoms with E-state index in [4.69, 9.17) is 4.52 Å². The predicted octanol–water partition coefficient (Wildman–Crippen LogP) is 3.44. The molecule has 1 aliphatic heterocycles. The van der Waals surface area contributed by atoms with Gasteiger partial charge < -0.3 is 15.1 Å². The zero-order chi connectivity index (χ0) is 18.3. The first-order chi connectivity index (χ1) is 12.5. The number of aliphatic hydroxyl groups is 1. The maximum Gasteiger partial charge on any atom is 0.268 e. The summed E-state index contributed by atoms with van der Waals surface area (Å²) in [6.45, 7) is 6.87. The van der Waals surface area contributed by atoms with Crippen molar-refractivity contribution in [2.75, 3.05) is 23.6 Å². The third-order valence-electron chi connectivity index (χ3n) is 4.37. The van der Waals surface area contributed by atoms with E-state index >= 15 is 0 Å². The minimum atomic E-state index is -0.212. The summed E-state index contributed by atoms with van der Waals surface area (Å²) in [5.41, 5.74) is 10.1. The Morgan fingerprint density at radius 1 is 1.31 bits per heavy atom. The summed E-state index contributed by atoms with van der Waals surface area (Å²) in [7, 11) is 0. The second-order valence-electron chi connectivity index (χ2n) is 7.23. The van der Waals surface area contributed by atoms with Crippen molar-refractivity contribution >= 4 is 22.7 Å². The van der Waals surface area contributed by atoms with Crippen molar-refractivity contribution in [3.05, 3.63) is 35.2 Å². The number of nitrogens with zero attached hydrogens (tertiary/aromatic N) is 3. The number of hydrazine groups is 2. The van der Waals surface area contributed by atoms with Crippen molar-refractivity contribution in [1.82, 2.24) is 15.7 Å². The molecule has 0 bridgehead atoms. The average molecular weight is 371 g/mol. The molecule has 3 heterocycles.